The first-order valence-electron chi connectivity index (χ1n) is 20.4. The van der Waals surface area contributed by atoms with Crippen LogP contribution in [0.5, 0.6) is 0 Å². The summed E-state index contributed by atoms with van der Waals surface area (Å²) >= 11 is 0. The summed E-state index contributed by atoms with van der Waals surface area (Å²) in [5.41, 5.74) is 0. The number of carbonyl (C=O) groups excluding carboxylic acids is 1. The van der Waals surface area contributed by atoms with E-state index < -0.39 is 26.6 Å². The number of quaternary nitrogens is 1. The Bertz CT molecular complexity index is 917. The molecule has 0 spiro atoms. The first kappa shape index (κ1) is 48.7. The Morgan fingerprint density at radius 3 is 1.64 bits per heavy atom. The van der Waals surface area contributed by atoms with Crippen molar-refractivity contribution in [1.82, 2.24) is 5.32 Å². The lowest BCUT2D eigenvalue weighted by atomic mass is 10.1. The average molecular weight is 727 g/mol. The van der Waals surface area contributed by atoms with Gasteiger partial charge in [-0.15, -0.1) is 0 Å². The van der Waals surface area contributed by atoms with Crippen molar-refractivity contribution in [1.29, 1.82) is 0 Å². The first-order chi connectivity index (χ1) is 24.0. The van der Waals surface area contributed by atoms with Crippen molar-refractivity contribution in [3.63, 3.8) is 0 Å². The monoisotopic (exact) mass is 727 g/mol. The molecule has 9 heteroatoms. The molecule has 0 aliphatic rings. The topological polar surface area (TPSA) is 108 Å². The maximum atomic E-state index is 12.8. The minimum atomic E-state index is -4.59. The summed E-state index contributed by atoms with van der Waals surface area (Å²) in [5.74, 6) is -0.219. The molecule has 0 heterocycles. The van der Waals surface area contributed by atoms with Crippen molar-refractivity contribution in [2.24, 2.45) is 0 Å². The smallest absolute Gasteiger partial charge is 0.268 e. The number of hydrogen-bond acceptors (Lipinski definition) is 6. The summed E-state index contributed by atoms with van der Waals surface area (Å²) in [7, 11) is 1.23. The van der Waals surface area contributed by atoms with Crippen LogP contribution in [0.25, 0.3) is 0 Å². The second-order valence-electron chi connectivity index (χ2n) is 15.0. The predicted octanol–water partition coefficient (Wildman–Crippen LogP) is 10.1. The number of amides is 1. The van der Waals surface area contributed by atoms with Gasteiger partial charge in [-0.25, -0.2) is 0 Å². The van der Waals surface area contributed by atoms with Crippen molar-refractivity contribution >= 4 is 13.7 Å². The van der Waals surface area contributed by atoms with Gasteiger partial charge in [-0.3, -0.25) is 9.36 Å². The van der Waals surface area contributed by atoms with Gasteiger partial charge in [0.1, 0.15) is 13.2 Å². The number of aliphatic hydroxyl groups excluding tert-OH is 1. The molecule has 50 heavy (non-hydrogen) atoms. The highest BCUT2D eigenvalue weighted by molar-refractivity contribution is 7.45. The molecule has 0 bridgehead atoms. The molecule has 0 aliphatic carbocycles. The summed E-state index contributed by atoms with van der Waals surface area (Å²) in [6, 6.07) is -0.903. The highest BCUT2D eigenvalue weighted by Crippen LogP contribution is 2.38. The molecule has 0 fully saturated rings. The van der Waals surface area contributed by atoms with E-state index in [0.717, 1.165) is 51.4 Å². The fourth-order valence-corrected chi connectivity index (χ4v) is 6.24. The zero-order valence-corrected chi connectivity index (χ0v) is 34.0. The number of unbranched alkanes of at least 4 members (excludes halogenated alkanes) is 19. The van der Waals surface area contributed by atoms with E-state index in [1.54, 1.807) is 6.08 Å². The zero-order valence-electron chi connectivity index (χ0n) is 33.1. The Kier molecular flexibility index (Phi) is 32.7. The standard InChI is InChI=1S/C41H79N2O6P/c1-6-8-10-12-14-16-18-19-20-21-22-23-24-25-27-29-31-33-35-41(45)42-39(38-49-50(46,47)48-37-36-43(3,4)5)40(44)34-32-30-28-26-17-15-13-11-9-7-2/h17,22-23,26,32,34,39-40,44H,6-16,18-21,24-25,27-31,33,35-38H2,1-5H3,(H-,42,45,46,47)/b23-22-,26-17+,34-32+. The molecule has 0 aromatic rings. The van der Waals surface area contributed by atoms with Crippen molar-refractivity contribution in [2.75, 3.05) is 40.9 Å². The molecular formula is C41H79N2O6P. The fraction of sp³-hybridized carbons (Fsp3) is 0.829. The van der Waals surface area contributed by atoms with E-state index in [2.05, 4.69) is 43.5 Å². The lowest BCUT2D eigenvalue weighted by molar-refractivity contribution is -0.870. The number of carbonyl (C=O) groups is 1. The molecular weight excluding hydrogens is 647 g/mol. The van der Waals surface area contributed by atoms with E-state index in [1.807, 2.05) is 27.2 Å². The first-order valence-corrected chi connectivity index (χ1v) is 21.8. The molecule has 3 unspecified atom stereocenters. The zero-order chi connectivity index (χ0) is 37.2. The van der Waals surface area contributed by atoms with E-state index in [0.29, 0.717) is 17.4 Å². The Balaban J connectivity index is 4.45. The second kappa shape index (κ2) is 33.5. The molecule has 294 valence electrons. The molecule has 0 radical (unpaired) electrons. The highest BCUT2D eigenvalue weighted by Gasteiger charge is 2.23. The number of aliphatic hydroxyl groups is 1. The number of phosphoric acid groups is 1. The van der Waals surface area contributed by atoms with Gasteiger partial charge in [0.15, 0.2) is 0 Å². The molecule has 0 aliphatic heterocycles. The van der Waals surface area contributed by atoms with Crippen LogP contribution in [-0.4, -0.2) is 68.5 Å². The van der Waals surface area contributed by atoms with Crippen LogP contribution in [0.2, 0.25) is 0 Å². The SMILES string of the molecule is CCCCCC/C=C/CC/C=C/C(O)C(COP(=O)([O-])OCC[N+](C)(C)C)NC(=O)CCCCCCC/C=C\CCCCCCCCCCC. The Hall–Kier alpha value is -1.28. The number of rotatable bonds is 36. The van der Waals surface area contributed by atoms with Gasteiger partial charge in [-0.1, -0.05) is 140 Å². The maximum Gasteiger partial charge on any atom is 0.268 e. The number of hydrogen-bond donors (Lipinski definition) is 2. The lowest BCUT2D eigenvalue weighted by Gasteiger charge is -2.29. The van der Waals surface area contributed by atoms with Crippen LogP contribution in [0.3, 0.4) is 0 Å². The summed E-state index contributed by atoms with van der Waals surface area (Å²) < 4.78 is 23.1. The fourth-order valence-electron chi connectivity index (χ4n) is 5.51. The number of nitrogens with zero attached hydrogens (tertiary/aromatic N) is 1. The minimum Gasteiger partial charge on any atom is -0.756 e. The minimum absolute atomic E-state index is 0.00841. The predicted molar refractivity (Wildman–Crippen MR) is 210 cm³/mol. The molecule has 0 rings (SSSR count). The quantitative estimate of drug-likeness (QED) is 0.0288. The maximum absolute atomic E-state index is 12.8. The van der Waals surface area contributed by atoms with Crippen LogP contribution in [0.15, 0.2) is 36.5 Å². The molecule has 3 atom stereocenters. The summed E-state index contributed by atoms with van der Waals surface area (Å²) in [6.07, 6.45) is 39.1. The number of allylic oxidation sites excluding steroid dienone is 5. The normalized spacial score (nSPS) is 14.9. The molecule has 2 N–H and O–H groups in total. The van der Waals surface area contributed by atoms with Gasteiger partial charge in [-0.05, 0) is 57.8 Å². The third-order valence-corrected chi connectivity index (χ3v) is 9.79. The second-order valence-corrected chi connectivity index (χ2v) is 16.4. The number of likely N-dealkylation sites (N-methyl/N-ethyl adjacent to an activating group) is 1. The van der Waals surface area contributed by atoms with Crippen molar-refractivity contribution in [3.8, 4) is 0 Å². The van der Waals surface area contributed by atoms with E-state index in [-0.39, 0.29) is 12.5 Å². The third kappa shape index (κ3) is 35.1. The Morgan fingerprint density at radius 2 is 1.12 bits per heavy atom. The van der Waals surface area contributed by atoms with E-state index >= 15 is 0 Å². The van der Waals surface area contributed by atoms with Crippen LogP contribution in [0.4, 0.5) is 0 Å². The van der Waals surface area contributed by atoms with Crippen LogP contribution >= 0.6 is 7.82 Å². The van der Waals surface area contributed by atoms with E-state index in [9.17, 15) is 19.4 Å². The Morgan fingerprint density at radius 1 is 0.680 bits per heavy atom. The van der Waals surface area contributed by atoms with Crippen LogP contribution < -0.4 is 10.2 Å². The lowest BCUT2D eigenvalue weighted by Crippen LogP contribution is -2.45. The van der Waals surface area contributed by atoms with Crippen molar-refractivity contribution in [2.45, 2.75) is 180 Å². The summed E-state index contributed by atoms with van der Waals surface area (Å²) in [6.45, 7) is 4.56. The molecule has 1 amide bonds. The molecule has 8 nitrogen and oxygen atoms in total. The van der Waals surface area contributed by atoms with Gasteiger partial charge in [0, 0.05) is 6.42 Å². The largest absolute Gasteiger partial charge is 0.756 e. The Labute approximate surface area is 308 Å². The molecule has 0 saturated heterocycles. The van der Waals surface area contributed by atoms with Gasteiger partial charge < -0.3 is 28.8 Å². The third-order valence-electron chi connectivity index (χ3n) is 8.82. The van der Waals surface area contributed by atoms with Gasteiger partial charge in [0.05, 0.1) is 39.9 Å². The summed E-state index contributed by atoms with van der Waals surface area (Å²) in [5, 5.41) is 13.7. The van der Waals surface area contributed by atoms with Crippen LogP contribution in [0.1, 0.15) is 168 Å². The van der Waals surface area contributed by atoms with E-state index in [4.69, 9.17) is 9.05 Å². The molecule has 0 saturated carbocycles. The van der Waals surface area contributed by atoms with Crippen LogP contribution in [-0.2, 0) is 18.4 Å². The number of phosphoric ester groups is 1. The van der Waals surface area contributed by atoms with Gasteiger partial charge in [0.2, 0.25) is 5.91 Å². The van der Waals surface area contributed by atoms with Crippen molar-refractivity contribution < 1.29 is 32.9 Å². The highest BCUT2D eigenvalue weighted by atomic mass is 31.2. The van der Waals surface area contributed by atoms with Crippen LogP contribution in [0, 0.1) is 0 Å². The summed E-state index contributed by atoms with van der Waals surface area (Å²) in [4.78, 5) is 25.2. The average Bonchev–Trinajstić information content (AvgIpc) is 3.06. The molecule has 0 aromatic carbocycles. The van der Waals surface area contributed by atoms with Gasteiger partial charge >= 0.3 is 0 Å². The molecule has 0 aromatic heterocycles. The van der Waals surface area contributed by atoms with Gasteiger partial charge in [-0.2, -0.15) is 0 Å². The van der Waals surface area contributed by atoms with Crippen molar-refractivity contribution in [3.05, 3.63) is 36.5 Å². The van der Waals surface area contributed by atoms with Gasteiger partial charge in [0.25, 0.3) is 7.82 Å². The number of nitrogens with one attached hydrogen (secondary N) is 1. The van der Waals surface area contributed by atoms with E-state index in [1.165, 1.54) is 96.3 Å².